The fraction of sp³-hybridized carbons (Fsp3) is 0.733. The molecule has 6 heteroatoms. The van der Waals surface area contributed by atoms with Gasteiger partial charge in [0.1, 0.15) is 0 Å². The second-order valence-corrected chi connectivity index (χ2v) is 6.01. The van der Waals surface area contributed by atoms with E-state index in [0.29, 0.717) is 24.8 Å². The van der Waals surface area contributed by atoms with Gasteiger partial charge in [0.25, 0.3) is 0 Å². The molecule has 2 fully saturated rings. The van der Waals surface area contributed by atoms with Gasteiger partial charge >= 0.3 is 0 Å². The topological polar surface area (TPSA) is 76.2 Å². The molecule has 1 aliphatic heterocycles. The first-order valence-electron chi connectivity index (χ1n) is 7.77. The van der Waals surface area contributed by atoms with Crippen molar-refractivity contribution in [1.29, 1.82) is 0 Å². The van der Waals surface area contributed by atoms with E-state index in [4.69, 9.17) is 9.47 Å². The lowest BCUT2D eigenvalue weighted by Crippen LogP contribution is -2.25. The molecule has 2 atom stereocenters. The molecule has 0 radical (unpaired) electrons. The number of amides is 1. The lowest BCUT2D eigenvalue weighted by molar-refractivity contribution is -0.118. The Balaban J connectivity index is 1.36. The maximum absolute atomic E-state index is 11.8. The van der Waals surface area contributed by atoms with E-state index in [9.17, 15) is 4.79 Å². The summed E-state index contributed by atoms with van der Waals surface area (Å²) in [5, 5.41) is 9.95. The van der Waals surface area contributed by atoms with Crippen LogP contribution in [0.25, 0.3) is 0 Å². The minimum atomic E-state index is -0.0519. The van der Waals surface area contributed by atoms with Gasteiger partial charge in [-0.2, -0.15) is 5.10 Å². The molecule has 2 unspecified atom stereocenters. The van der Waals surface area contributed by atoms with E-state index < -0.39 is 0 Å². The van der Waals surface area contributed by atoms with Crippen LogP contribution in [0.1, 0.15) is 44.2 Å². The van der Waals surface area contributed by atoms with Crippen molar-refractivity contribution in [3.8, 4) is 0 Å². The molecule has 1 aromatic heterocycles. The van der Waals surface area contributed by atoms with Gasteiger partial charge < -0.3 is 14.8 Å². The normalized spacial score (nSPS) is 25.8. The number of carbonyl (C=O) groups excluding carboxylic acids is 1. The molecule has 21 heavy (non-hydrogen) atoms. The van der Waals surface area contributed by atoms with Gasteiger partial charge in [-0.1, -0.05) is 6.92 Å². The van der Waals surface area contributed by atoms with Gasteiger partial charge in [-0.05, 0) is 25.2 Å². The molecule has 1 aliphatic carbocycles. The van der Waals surface area contributed by atoms with E-state index in [-0.39, 0.29) is 12.0 Å². The zero-order valence-corrected chi connectivity index (χ0v) is 12.4. The monoisotopic (exact) mass is 293 g/mol. The molecule has 2 aliphatic rings. The molecule has 1 amide bonds. The van der Waals surface area contributed by atoms with Crippen LogP contribution in [0.15, 0.2) is 6.07 Å². The fourth-order valence-corrected chi connectivity index (χ4v) is 2.71. The lowest BCUT2D eigenvalue weighted by atomic mass is 10.1. The predicted molar refractivity (Wildman–Crippen MR) is 78.1 cm³/mol. The van der Waals surface area contributed by atoms with E-state index in [1.54, 1.807) is 0 Å². The average Bonchev–Trinajstić information content (AvgIpc) is 3.03. The Bertz CT molecular complexity index is 482. The molecule has 0 spiro atoms. The highest BCUT2D eigenvalue weighted by Crippen LogP contribution is 2.46. The fourth-order valence-electron chi connectivity index (χ4n) is 2.71. The van der Waals surface area contributed by atoms with Crippen molar-refractivity contribution >= 4 is 11.7 Å². The van der Waals surface area contributed by atoms with Crippen molar-refractivity contribution in [3.05, 3.63) is 11.8 Å². The summed E-state index contributed by atoms with van der Waals surface area (Å²) in [6, 6.07) is 1.94. The number of hydrogen-bond acceptors (Lipinski definition) is 4. The van der Waals surface area contributed by atoms with Gasteiger partial charge in [-0.25, -0.2) is 0 Å². The van der Waals surface area contributed by atoms with Crippen molar-refractivity contribution in [1.82, 2.24) is 10.2 Å². The van der Waals surface area contributed by atoms with Crippen molar-refractivity contribution in [2.75, 3.05) is 25.1 Å². The summed E-state index contributed by atoms with van der Waals surface area (Å²) in [5.74, 6) is 1.87. The summed E-state index contributed by atoms with van der Waals surface area (Å²) in [5.41, 5.74) is 1.12. The molecule has 2 heterocycles. The number of rotatable bonds is 6. The van der Waals surface area contributed by atoms with Crippen LogP contribution in [0.2, 0.25) is 0 Å². The standard InChI is InChI=1S/C15H23N3O3/c1-10-8-12(10)13-9-14(18-17-13)16-15(19)4-7-21-11-2-5-20-6-3-11/h9-12H,2-8H2,1H3,(H2,16,17,18,19). The third-order valence-electron chi connectivity index (χ3n) is 4.23. The number of aromatic nitrogens is 2. The Labute approximate surface area is 124 Å². The average molecular weight is 293 g/mol. The van der Waals surface area contributed by atoms with Gasteiger partial charge in [0, 0.05) is 30.9 Å². The smallest absolute Gasteiger partial charge is 0.227 e. The first kappa shape index (κ1) is 14.5. The Morgan fingerprint density at radius 3 is 3.00 bits per heavy atom. The summed E-state index contributed by atoms with van der Waals surface area (Å²) in [7, 11) is 0. The number of ether oxygens (including phenoxy) is 2. The van der Waals surface area contributed by atoms with E-state index in [1.807, 2.05) is 6.07 Å². The van der Waals surface area contributed by atoms with Crippen LogP contribution in [-0.2, 0) is 14.3 Å². The van der Waals surface area contributed by atoms with Crippen LogP contribution in [0.4, 0.5) is 5.82 Å². The van der Waals surface area contributed by atoms with E-state index in [2.05, 4.69) is 22.4 Å². The van der Waals surface area contributed by atoms with Crippen LogP contribution < -0.4 is 5.32 Å². The van der Waals surface area contributed by atoms with Gasteiger partial charge in [-0.15, -0.1) is 0 Å². The number of H-pyrrole nitrogens is 1. The van der Waals surface area contributed by atoms with Gasteiger partial charge in [0.05, 0.1) is 19.1 Å². The molecule has 1 saturated carbocycles. The first-order chi connectivity index (χ1) is 10.2. The van der Waals surface area contributed by atoms with Gasteiger partial charge in [0.15, 0.2) is 5.82 Å². The van der Waals surface area contributed by atoms with Crippen molar-refractivity contribution in [3.63, 3.8) is 0 Å². The SMILES string of the molecule is CC1CC1c1cc(NC(=O)CCOC2CCOCC2)n[nH]1. The first-order valence-corrected chi connectivity index (χ1v) is 7.77. The number of carbonyl (C=O) groups is 1. The summed E-state index contributed by atoms with van der Waals surface area (Å²) >= 11 is 0. The minimum Gasteiger partial charge on any atom is -0.381 e. The quantitative estimate of drug-likeness (QED) is 0.841. The predicted octanol–water partition coefficient (Wildman–Crippen LogP) is 2.06. The molecule has 2 N–H and O–H groups in total. The highest BCUT2D eigenvalue weighted by molar-refractivity contribution is 5.89. The number of anilines is 1. The molecule has 1 saturated heterocycles. The maximum Gasteiger partial charge on any atom is 0.227 e. The van der Waals surface area contributed by atoms with Crippen LogP contribution in [-0.4, -0.2) is 42.0 Å². The Morgan fingerprint density at radius 2 is 2.29 bits per heavy atom. The van der Waals surface area contributed by atoms with Crippen molar-refractivity contribution < 1.29 is 14.3 Å². The second kappa shape index (κ2) is 6.58. The van der Waals surface area contributed by atoms with E-state index in [1.165, 1.54) is 6.42 Å². The number of nitrogens with one attached hydrogen (secondary N) is 2. The minimum absolute atomic E-state index is 0.0519. The van der Waals surface area contributed by atoms with Crippen LogP contribution in [0.5, 0.6) is 0 Å². The largest absolute Gasteiger partial charge is 0.381 e. The third-order valence-corrected chi connectivity index (χ3v) is 4.23. The zero-order valence-electron chi connectivity index (χ0n) is 12.4. The Hall–Kier alpha value is -1.40. The lowest BCUT2D eigenvalue weighted by Gasteiger charge is -2.22. The Morgan fingerprint density at radius 1 is 1.52 bits per heavy atom. The number of hydrogen-bond donors (Lipinski definition) is 2. The summed E-state index contributed by atoms with van der Waals surface area (Å²) in [4.78, 5) is 11.8. The van der Waals surface area contributed by atoms with Crippen LogP contribution in [0, 0.1) is 5.92 Å². The van der Waals surface area contributed by atoms with E-state index >= 15 is 0 Å². The number of aromatic amines is 1. The second-order valence-electron chi connectivity index (χ2n) is 6.01. The molecule has 6 nitrogen and oxygen atoms in total. The molecular weight excluding hydrogens is 270 g/mol. The van der Waals surface area contributed by atoms with Gasteiger partial charge in [0.2, 0.25) is 5.91 Å². The molecule has 0 aromatic carbocycles. The van der Waals surface area contributed by atoms with Crippen LogP contribution in [0.3, 0.4) is 0 Å². The molecular formula is C15H23N3O3. The van der Waals surface area contributed by atoms with Crippen molar-refractivity contribution in [2.24, 2.45) is 5.92 Å². The molecule has 1 aromatic rings. The zero-order chi connectivity index (χ0) is 14.7. The molecule has 0 bridgehead atoms. The molecule has 3 rings (SSSR count). The number of nitrogens with zero attached hydrogens (tertiary/aromatic N) is 1. The highest BCUT2D eigenvalue weighted by Gasteiger charge is 2.35. The summed E-state index contributed by atoms with van der Waals surface area (Å²) in [6.45, 7) is 4.18. The van der Waals surface area contributed by atoms with Crippen molar-refractivity contribution in [2.45, 2.75) is 44.6 Å². The summed E-state index contributed by atoms with van der Waals surface area (Å²) < 4.78 is 11.0. The van der Waals surface area contributed by atoms with E-state index in [0.717, 1.165) is 37.7 Å². The molecule has 116 valence electrons. The van der Waals surface area contributed by atoms with Gasteiger partial charge in [-0.3, -0.25) is 9.89 Å². The summed E-state index contributed by atoms with van der Waals surface area (Å²) in [6.07, 6.45) is 3.64. The van der Waals surface area contributed by atoms with Crippen LogP contribution >= 0.6 is 0 Å². The maximum atomic E-state index is 11.8. The Kier molecular flexibility index (Phi) is 4.55. The highest BCUT2D eigenvalue weighted by atomic mass is 16.5. The third kappa shape index (κ3) is 4.04.